The molecule has 10 nitrogen and oxygen atoms in total. The van der Waals surface area contributed by atoms with Crippen molar-refractivity contribution < 1.29 is 19.1 Å². The van der Waals surface area contributed by atoms with Crippen molar-refractivity contribution in [3.8, 4) is 4.98 Å². The van der Waals surface area contributed by atoms with Crippen molar-refractivity contribution in [2.45, 2.75) is 111 Å². The van der Waals surface area contributed by atoms with Crippen LogP contribution in [-0.2, 0) is 22.6 Å². The topological polar surface area (TPSA) is 136 Å². The fraction of sp³-hybridized carbons (Fsp3) is 0.529. The molecule has 1 heterocycles. The van der Waals surface area contributed by atoms with Gasteiger partial charge in [-0.3, -0.25) is 0 Å². The summed E-state index contributed by atoms with van der Waals surface area (Å²) < 4.78 is 13.3. The average Bonchev–Trinajstić information content (AvgIpc) is 3.29. The molecule has 0 bridgehead atoms. The Morgan fingerprint density at radius 3 is 2.29 bits per heavy atom. The Morgan fingerprint density at radius 2 is 1.71 bits per heavy atom. The smallest absolute Gasteiger partial charge is 0.410 e. The zero-order valence-corrected chi connectivity index (χ0v) is 29.1. The number of alkyl carbamates (subject to hydrolysis) is 1. The van der Waals surface area contributed by atoms with Gasteiger partial charge in [-0.05, 0) is 82.1 Å². The van der Waals surface area contributed by atoms with E-state index in [0.29, 0.717) is 12.5 Å². The fourth-order valence-electron chi connectivity index (χ4n) is 5.42. The van der Waals surface area contributed by atoms with Crippen molar-refractivity contribution >= 4 is 45.1 Å². The van der Waals surface area contributed by atoms with Gasteiger partial charge in [0.25, 0.3) is 0 Å². The van der Waals surface area contributed by atoms with Crippen molar-refractivity contribution in [1.82, 2.24) is 19.8 Å². The van der Waals surface area contributed by atoms with Crippen LogP contribution in [0, 0.1) is 15.7 Å². The van der Waals surface area contributed by atoms with E-state index in [1.165, 1.54) is 0 Å². The summed E-state index contributed by atoms with van der Waals surface area (Å²) >= 11 is 2.45. The predicted octanol–water partition coefficient (Wildman–Crippen LogP) is 8.06. The number of nitriles is 1. The molecule has 2 aromatic carbocycles. The number of carbonyl (C=O) groups excluding carboxylic acids is 2. The van der Waals surface area contributed by atoms with Crippen LogP contribution in [-0.4, -0.2) is 44.3 Å². The molecule has 1 aromatic heterocycles. The third-order valence-corrected chi connectivity index (χ3v) is 8.08. The van der Waals surface area contributed by atoms with Gasteiger partial charge in [-0.2, -0.15) is 5.26 Å². The Morgan fingerprint density at radius 1 is 1.09 bits per heavy atom. The highest BCUT2D eigenvalue weighted by Gasteiger charge is 2.32. The summed E-state index contributed by atoms with van der Waals surface area (Å²) in [5.74, 6) is 0.480. The van der Waals surface area contributed by atoms with Crippen LogP contribution in [0.5, 0.6) is 0 Å². The lowest BCUT2D eigenvalue weighted by Crippen LogP contribution is -2.45. The summed E-state index contributed by atoms with van der Waals surface area (Å²) in [4.78, 5) is 33.6. The van der Waals surface area contributed by atoms with Crippen molar-refractivity contribution in [3.63, 3.8) is 0 Å². The van der Waals surface area contributed by atoms with Gasteiger partial charge in [0.2, 0.25) is 5.95 Å². The molecule has 2 amide bonds. The lowest BCUT2D eigenvalue weighted by molar-refractivity contribution is 0.0487. The molecular formula is C34H47BrN6O4. The SMILES string of the molecule is C[C@H](N(Cc1ccc2c(c1)nc(N)n2C1CCC(NC(=O)OC(C)(C)C)CC1)C(=O)OCc1ccccc1)C(C)(C)C.N#CBr. The number of hydrogen-bond acceptors (Lipinski definition) is 7. The van der Waals surface area contributed by atoms with E-state index in [0.717, 1.165) is 47.8 Å². The van der Waals surface area contributed by atoms with Crippen LogP contribution >= 0.6 is 15.9 Å². The molecular weight excluding hydrogens is 636 g/mol. The largest absolute Gasteiger partial charge is 0.445 e. The molecule has 1 aliphatic rings. The van der Waals surface area contributed by atoms with Crippen LogP contribution in [0.15, 0.2) is 48.5 Å². The molecule has 1 fully saturated rings. The summed E-state index contributed by atoms with van der Waals surface area (Å²) in [5.41, 5.74) is 9.48. The molecule has 244 valence electrons. The van der Waals surface area contributed by atoms with Gasteiger partial charge in [0, 0.05) is 40.6 Å². The molecule has 11 heteroatoms. The first-order valence-corrected chi connectivity index (χ1v) is 16.1. The quantitative estimate of drug-likeness (QED) is 0.257. The number of nitrogens with zero attached hydrogens (tertiary/aromatic N) is 4. The Labute approximate surface area is 275 Å². The monoisotopic (exact) mass is 682 g/mol. The number of nitrogens with two attached hydrogens (primary N) is 1. The number of fused-ring (bicyclic) bond motifs is 1. The molecule has 1 atom stereocenters. The summed E-state index contributed by atoms with van der Waals surface area (Å²) in [6.45, 7) is 14.6. The molecule has 0 saturated heterocycles. The second kappa shape index (κ2) is 15.5. The molecule has 0 aliphatic heterocycles. The van der Waals surface area contributed by atoms with E-state index in [1.807, 2.05) is 69.3 Å². The van der Waals surface area contributed by atoms with Crippen LogP contribution in [0.25, 0.3) is 11.0 Å². The van der Waals surface area contributed by atoms with Crippen LogP contribution in [0.2, 0.25) is 0 Å². The molecule has 3 N–H and O–H groups in total. The van der Waals surface area contributed by atoms with Crippen LogP contribution in [0.4, 0.5) is 15.5 Å². The minimum atomic E-state index is -0.519. The maximum Gasteiger partial charge on any atom is 0.410 e. The van der Waals surface area contributed by atoms with Gasteiger partial charge in [0.15, 0.2) is 0 Å². The molecule has 0 unspecified atom stereocenters. The van der Waals surface area contributed by atoms with Crippen molar-refractivity contribution in [3.05, 3.63) is 59.7 Å². The number of halogens is 1. The maximum atomic E-state index is 13.3. The van der Waals surface area contributed by atoms with Crippen LogP contribution < -0.4 is 11.1 Å². The predicted molar refractivity (Wildman–Crippen MR) is 180 cm³/mol. The molecule has 1 aliphatic carbocycles. The zero-order valence-electron chi connectivity index (χ0n) is 27.5. The summed E-state index contributed by atoms with van der Waals surface area (Å²) in [6.07, 6.45) is 2.72. The number of hydrogen-bond donors (Lipinski definition) is 2. The van der Waals surface area contributed by atoms with Crippen molar-refractivity contribution in [2.75, 3.05) is 5.73 Å². The number of anilines is 1. The highest BCUT2D eigenvalue weighted by molar-refractivity contribution is 9.12. The number of ether oxygens (including phenoxy) is 2. The van der Waals surface area contributed by atoms with Crippen LogP contribution in [0.3, 0.4) is 0 Å². The first kappa shape index (κ1) is 35.7. The number of imidazole rings is 1. The normalized spacial score (nSPS) is 17.3. The fourth-order valence-corrected chi connectivity index (χ4v) is 5.42. The van der Waals surface area contributed by atoms with E-state index in [-0.39, 0.29) is 42.3 Å². The standard InChI is InChI=1S/C33H47N5O4.CBrN/c1-22(32(2,3)4)37(31(40)41-21-23-11-9-8-10-12-23)20-24-13-18-28-27(19-24)36-29(34)38(28)26-16-14-25(15-17-26)35-30(39)42-33(5,6)7;2-1-3/h8-13,18-19,22,25-26H,14-17,20-21H2,1-7H3,(H2,34,36)(H,35,39);/t22-,25?,26?;/m0./s1. The number of amides is 2. The Kier molecular flexibility index (Phi) is 12.3. The maximum absolute atomic E-state index is 13.3. The van der Waals surface area contributed by atoms with E-state index < -0.39 is 5.60 Å². The summed E-state index contributed by atoms with van der Waals surface area (Å²) in [7, 11) is 0. The second-order valence-corrected chi connectivity index (χ2v) is 14.0. The third kappa shape index (κ3) is 10.4. The molecule has 4 rings (SSSR count). The second-order valence-electron chi connectivity index (χ2n) is 13.6. The van der Waals surface area contributed by atoms with Gasteiger partial charge in [-0.15, -0.1) is 0 Å². The van der Waals surface area contributed by atoms with Crippen molar-refractivity contribution in [1.29, 1.82) is 5.26 Å². The van der Waals surface area contributed by atoms with Crippen LogP contribution in [0.1, 0.15) is 91.3 Å². The minimum Gasteiger partial charge on any atom is -0.445 e. The van der Waals surface area contributed by atoms with Gasteiger partial charge in [0.1, 0.15) is 17.2 Å². The number of aromatic nitrogens is 2. The highest BCUT2D eigenvalue weighted by atomic mass is 79.9. The van der Waals surface area contributed by atoms with E-state index in [2.05, 4.69) is 53.5 Å². The van der Waals surface area contributed by atoms with E-state index in [4.69, 9.17) is 25.5 Å². The summed E-state index contributed by atoms with van der Waals surface area (Å²) in [5, 5.41) is 10.2. The first-order chi connectivity index (χ1) is 21.1. The third-order valence-electron chi connectivity index (χ3n) is 8.08. The van der Waals surface area contributed by atoms with Gasteiger partial charge >= 0.3 is 12.2 Å². The highest BCUT2D eigenvalue weighted by Crippen LogP contribution is 2.34. The molecule has 0 radical (unpaired) electrons. The lowest BCUT2D eigenvalue weighted by Gasteiger charge is -2.37. The molecule has 45 heavy (non-hydrogen) atoms. The number of rotatable bonds is 7. The van der Waals surface area contributed by atoms with E-state index in [9.17, 15) is 9.59 Å². The lowest BCUT2D eigenvalue weighted by atomic mass is 9.87. The Hall–Kier alpha value is -3.78. The minimum absolute atomic E-state index is 0.0661. The van der Waals surface area contributed by atoms with Gasteiger partial charge in [-0.25, -0.2) is 14.6 Å². The zero-order chi connectivity index (χ0) is 33.4. The van der Waals surface area contributed by atoms with Crippen molar-refractivity contribution in [2.24, 2.45) is 5.41 Å². The Balaban J connectivity index is 0.00000177. The summed E-state index contributed by atoms with van der Waals surface area (Å²) in [6, 6.07) is 16.0. The first-order valence-electron chi connectivity index (χ1n) is 15.4. The number of carbonyl (C=O) groups is 2. The Bertz CT molecular complexity index is 1460. The van der Waals surface area contributed by atoms with Gasteiger partial charge in [0.05, 0.1) is 11.0 Å². The van der Waals surface area contributed by atoms with E-state index >= 15 is 0 Å². The molecule has 1 saturated carbocycles. The van der Waals surface area contributed by atoms with Gasteiger partial charge < -0.3 is 30.0 Å². The molecule has 3 aromatic rings. The number of benzene rings is 2. The van der Waals surface area contributed by atoms with Gasteiger partial charge in [-0.1, -0.05) is 57.2 Å². The number of nitrogens with one attached hydrogen (secondary N) is 1. The molecule has 0 spiro atoms. The average molecular weight is 684 g/mol. The number of nitrogen functional groups attached to an aromatic ring is 1. The van der Waals surface area contributed by atoms with E-state index in [1.54, 1.807) is 9.88 Å².